The molecule has 0 aliphatic carbocycles. The number of rotatable bonds is 3. The molecular weight excluding hydrogens is 437 g/mol. The van der Waals surface area contributed by atoms with Crippen LogP contribution in [0.25, 0.3) is 33.2 Å². The lowest BCUT2D eigenvalue weighted by atomic mass is 9.93. The van der Waals surface area contributed by atoms with Gasteiger partial charge in [-0.2, -0.15) is 18.4 Å². The van der Waals surface area contributed by atoms with Gasteiger partial charge in [-0.3, -0.25) is 4.98 Å². The Bertz CT molecular complexity index is 1500. The van der Waals surface area contributed by atoms with E-state index in [1.807, 2.05) is 6.07 Å². The van der Waals surface area contributed by atoms with Crippen LogP contribution in [0.4, 0.5) is 13.2 Å². The Morgan fingerprint density at radius 3 is 2.19 bits per heavy atom. The van der Waals surface area contributed by atoms with Gasteiger partial charge in [0.25, 0.3) is 0 Å². The highest BCUT2D eigenvalue weighted by atomic mass is 32.2. The number of alkyl halides is 3. The maximum atomic E-state index is 13.5. The Hall–Kier alpha value is -3.70. The van der Waals surface area contributed by atoms with Gasteiger partial charge in [0.1, 0.15) is 6.07 Å². The molecule has 0 unspecified atom stereocenters. The number of aromatic nitrogens is 1. The first-order valence-corrected chi connectivity index (χ1v) is 11.3. The third-order valence-electron chi connectivity index (χ3n) is 5.07. The molecule has 1 heterocycles. The predicted molar refractivity (Wildman–Crippen MR) is 115 cm³/mol. The highest BCUT2D eigenvalue weighted by Gasteiger charge is 2.33. The van der Waals surface area contributed by atoms with Crippen LogP contribution in [0.1, 0.15) is 11.1 Å². The molecule has 1 aromatic heterocycles. The zero-order valence-electron chi connectivity index (χ0n) is 16.7. The third kappa shape index (κ3) is 3.95. The van der Waals surface area contributed by atoms with Crippen molar-refractivity contribution in [2.45, 2.75) is 11.1 Å². The molecule has 0 bridgehead atoms. The van der Waals surface area contributed by atoms with Gasteiger partial charge >= 0.3 is 6.18 Å². The van der Waals surface area contributed by atoms with Gasteiger partial charge in [0.05, 0.1) is 21.5 Å². The summed E-state index contributed by atoms with van der Waals surface area (Å²) >= 11 is 0. The lowest BCUT2D eigenvalue weighted by molar-refractivity contribution is -0.136. The van der Waals surface area contributed by atoms with Crippen molar-refractivity contribution in [3.63, 3.8) is 0 Å². The summed E-state index contributed by atoms with van der Waals surface area (Å²) in [5.41, 5.74) is 1.17. The van der Waals surface area contributed by atoms with Crippen LogP contribution in [0.2, 0.25) is 0 Å². The number of hydrogen-bond donors (Lipinski definition) is 0. The van der Waals surface area contributed by atoms with E-state index < -0.39 is 21.6 Å². The number of pyridine rings is 1. The van der Waals surface area contributed by atoms with Gasteiger partial charge in [0.2, 0.25) is 0 Å². The first-order chi connectivity index (χ1) is 15.1. The minimum absolute atomic E-state index is 0.138. The van der Waals surface area contributed by atoms with Crippen molar-refractivity contribution in [1.82, 2.24) is 4.98 Å². The van der Waals surface area contributed by atoms with E-state index >= 15 is 0 Å². The number of halogens is 3. The predicted octanol–water partition coefficient (Wildman–Crippen LogP) is 5.86. The fraction of sp³-hybridized carbons (Fsp3) is 0.0833. The van der Waals surface area contributed by atoms with Gasteiger partial charge in [-0.05, 0) is 41.0 Å². The molecule has 160 valence electrons. The molecule has 0 saturated carbocycles. The lowest BCUT2D eigenvalue weighted by Crippen LogP contribution is -2.07. The fourth-order valence-corrected chi connectivity index (χ4v) is 4.27. The Balaban J connectivity index is 1.96. The zero-order valence-corrected chi connectivity index (χ0v) is 17.5. The van der Waals surface area contributed by atoms with E-state index in [4.69, 9.17) is 0 Å². The maximum Gasteiger partial charge on any atom is 0.418 e. The zero-order chi connectivity index (χ0) is 23.1. The normalized spacial score (nSPS) is 12.0. The molecular formula is C24H15F3N2O2S. The van der Waals surface area contributed by atoms with Crippen molar-refractivity contribution in [1.29, 1.82) is 5.26 Å². The molecule has 4 nitrogen and oxygen atoms in total. The lowest BCUT2D eigenvalue weighted by Gasteiger charge is -2.14. The second-order valence-electron chi connectivity index (χ2n) is 7.24. The van der Waals surface area contributed by atoms with E-state index in [1.54, 1.807) is 36.4 Å². The number of sulfone groups is 1. The summed E-state index contributed by atoms with van der Waals surface area (Å²) in [6, 6.07) is 19.0. The summed E-state index contributed by atoms with van der Waals surface area (Å²) in [6.45, 7) is 0. The average Bonchev–Trinajstić information content (AvgIpc) is 2.76. The van der Waals surface area contributed by atoms with Crippen LogP contribution in [0.5, 0.6) is 0 Å². The Morgan fingerprint density at radius 2 is 1.53 bits per heavy atom. The molecule has 0 saturated heterocycles. The number of nitriles is 1. The molecule has 0 N–H and O–H groups in total. The standard InChI is InChI=1S/C24H15F3N2O2S/c1-32(30,31)19-8-3-6-16(12-19)15-5-2-7-17(11-15)22-18(13-28)14-29-23-20(22)9-4-10-21(23)24(25,26)27/h2-12,14H,1H3. The van der Waals surface area contributed by atoms with E-state index in [0.717, 1.165) is 18.5 Å². The molecule has 0 aliphatic rings. The van der Waals surface area contributed by atoms with Crippen LogP contribution in [0.15, 0.2) is 77.8 Å². The van der Waals surface area contributed by atoms with Crippen LogP contribution >= 0.6 is 0 Å². The average molecular weight is 452 g/mol. The molecule has 32 heavy (non-hydrogen) atoms. The van der Waals surface area contributed by atoms with Gasteiger partial charge < -0.3 is 0 Å². The van der Waals surface area contributed by atoms with Gasteiger partial charge in [-0.1, -0.05) is 42.5 Å². The number of hydrogen-bond acceptors (Lipinski definition) is 4. The molecule has 0 fully saturated rings. The Labute approximate surface area is 182 Å². The molecule has 0 amide bonds. The topological polar surface area (TPSA) is 70.8 Å². The number of para-hydroxylation sites is 1. The fourth-order valence-electron chi connectivity index (χ4n) is 3.61. The summed E-state index contributed by atoms with van der Waals surface area (Å²) in [4.78, 5) is 4.07. The second-order valence-corrected chi connectivity index (χ2v) is 9.25. The van der Waals surface area contributed by atoms with E-state index in [9.17, 15) is 26.9 Å². The highest BCUT2D eigenvalue weighted by molar-refractivity contribution is 7.90. The van der Waals surface area contributed by atoms with Crippen molar-refractivity contribution < 1.29 is 21.6 Å². The highest BCUT2D eigenvalue weighted by Crippen LogP contribution is 2.39. The van der Waals surface area contributed by atoms with Gasteiger partial charge in [0, 0.05) is 23.4 Å². The van der Waals surface area contributed by atoms with Gasteiger partial charge in [-0.25, -0.2) is 8.42 Å². The van der Waals surface area contributed by atoms with Crippen molar-refractivity contribution in [2.75, 3.05) is 6.26 Å². The summed E-state index contributed by atoms with van der Waals surface area (Å²) < 4.78 is 64.3. The summed E-state index contributed by atoms with van der Waals surface area (Å²) in [5.74, 6) is 0. The minimum atomic E-state index is -4.59. The van der Waals surface area contributed by atoms with E-state index in [-0.39, 0.29) is 21.4 Å². The second kappa shape index (κ2) is 7.77. The summed E-state index contributed by atoms with van der Waals surface area (Å²) in [6.07, 6.45) is -2.33. The largest absolute Gasteiger partial charge is 0.418 e. The van der Waals surface area contributed by atoms with Crippen LogP contribution in [-0.4, -0.2) is 19.7 Å². The summed E-state index contributed by atoms with van der Waals surface area (Å²) in [7, 11) is -3.41. The number of nitrogens with zero attached hydrogens (tertiary/aromatic N) is 2. The van der Waals surface area contributed by atoms with Crippen LogP contribution in [-0.2, 0) is 16.0 Å². The van der Waals surface area contributed by atoms with Crippen molar-refractivity contribution in [3.05, 3.63) is 84.1 Å². The molecule has 8 heteroatoms. The molecule has 3 aromatic carbocycles. The maximum absolute atomic E-state index is 13.5. The summed E-state index contributed by atoms with van der Waals surface area (Å²) in [5, 5.41) is 9.81. The molecule has 0 spiro atoms. The van der Waals surface area contributed by atoms with E-state index in [0.29, 0.717) is 22.3 Å². The molecule has 4 aromatic rings. The van der Waals surface area contributed by atoms with Crippen molar-refractivity contribution in [2.24, 2.45) is 0 Å². The smallest absolute Gasteiger partial charge is 0.254 e. The van der Waals surface area contributed by atoms with Crippen molar-refractivity contribution in [3.8, 4) is 28.3 Å². The first kappa shape index (κ1) is 21.5. The third-order valence-corrected chi connectivity index (χ3v) is 6.18. The van der Waals surface area contributed by atoms with E-state index in [2.05, 4.69) is 4.98 Å². The van der Waals surface area contributed by atoms with Crippen LogP contribution < -0.4 is 0 Å². The SMILES string of the molecule is CS(=O)(=O)c1cccc(-c2cccc(-c3c(C#N)cnc4c(C(F)(F)F)cccc34)c2)c1. The first-order valence-electron chi connectivity index (χ1n) is 9.39. The van der Waals surface area contributed by atoms with Crippen LogP contribution in [0.3, 0.4) is 0 Å². The Kier molecular flexibility index (Phi) is 5.23. The number of benzene rings is 3. The number of fused-ring (bicyclic) bond motifs is 1. The monoisotopic (exact) mass is 452 g/mol. The van der Waals surface area contributed by atoms with Crippen LogP contribution in [0, 0.1) is 11.3 Å². The molecule has 0 aliphatic heterocycles. The Morgan fingerprint density at radius 1 is 0.906 bits per heavy atom. The van der Waals surface area contributed by atoms with Gasteiger partial charge in [-0.15, -0.1) is 0 Å². The van der Waals surface area contributed by atoms with E-state index in [1.165, 1.54) is 24.3 Å². The molecule has 0 radical (unpaired) electrons. The van der Waals surface area contributed by atoms with Gasteiger partial charge in [0.15, 0.2) is 9.84 Å². The minimum Gasteiger partial charge on any atom is -0.254 e. The molecule has 4 rings (SSSR count). The quantitative estimate of drug-likeness (QED) is 0.390. The van der Waals surface area contributed by atoms with Crippen molar-refractivity contribution >= 4 is 20.7 Å². The molecule has 0 atom stereocenters.